The van der Waals surface area contributed by atoms with Crippen LogP contribution in [0.25, 0.3) is 0 Å². The van der Waals surface area contributed by atoms with Crippen LogP contribution in [0.3, 0.4) is 0 Å². The Kier molecular flexibility index (Phi) is 8.72. The summed E-state index contributed by atoms with van der Waals surface area (Å²) in [5.41, 5.74) is 7.66. The summed E-state index contributed by atoms with van der Waals surface area (Å²) in [6.45, 7) is 2.18. The molecule has 3 aromatic carbocycles. The molecule has 0 saturated carbocycles. The van der Waals surface area contributed by atoms with Gasteiger partial charge in [-0.25, -0.2) is 18.8 Å². The van der Waals surface area contributed by atoms with Gasteiger partial charge in [-0.2, -0.15) is 0 Å². The predicted molar refractivity (Wildman–Crippen MR) is 155 cm³/mol. The minimum absolute atomic E-state index is 0.0147. The second-order valence-corrected chi connectivity index (χ2v) is 12.5. The van der Waals surface area contributed by atoms with E-state index in [1.165, 1.54) is 11.1 Å². The van der Waals surface area contributed by atoms with Crippen LogP contribution in [0.2, 0.25) is 0 Å². The van der Waals surface area contributed by atoms with E-state index >= 15 is 0 Å². The van der Waals surface area contributed by atoms with E-state index in [2.05, 4.69) is 23.0 Å². The zero-order valence-electron chi connectivity index (χ0n) is 23.0. The van der Waals surface area contributed by atoms with E-state index in [-0.39, 0.29) is 35.6 Å². The van der Waals surface area contributed by atoms with Gasteiger partial charge in [-0.3, -0.25) is 10.2 Å². The van der Waals surface area contributed by atoms with Gasteiger partial charge in [0.1, 0.15) is 11.9 Å². The van der Waals surface area contributed by atoms with E-state index in [1.54, 1.807) is 61.5 Å². The Morgan fingerprint density at radius 1 is 1.02 bits per heavy atom. The summed E-state index contributed by atoms with van der Waals surface area (Å²) in [6, 6.07) is 23.5. The summed E-state index contributed by atoms with van der Waals surface area (Å²) in [7, 11) is -3.67. The number of nitrogens with one attached hydrogen (secondary N) is 2. The number of aliphatic hydroxyl groups is 1. The monoisotopic (exact) mass is 577 g/mol. The largest absolute Gasteiger partial charge is 0.494 e. The minimum atomic E-state index is -3.67. The van der Waals surface area contributed by atoms with Crippen molar-refractivity contribution in [3.8, 4) is 5.75 Å². The molecule has 9 nitrogen and oxygen atoms in total. The molecule has 5 rings (SSSR count). The van der Waals surface area contributed by atoms with Gasteiger partial charge in [0, 0.05) is 24.6 Å². The lowest BCUT2D eigenvalue weighted by Crippen LogP contribution is -2.57. The first kappa shape index (κ1) is 28.8. The maximum atomic E-state index is 13.8. The zero-order chi connectivity index (χ0) is 28.9. The maximum Gasteiger partial charge on any atom is 0.266 e. The van der Waals surface area contributed by atoms with E-state index < -0.39 is 27.4 Å². The number of sulfone groups is 1. The summed E-state index contributed by atoms with van der Waals surface area (Å²) in [4.78, 5) is 18.8. The third-order valence-corrected chi connectivity index (χ3v) is 9.35. The quantitative estimate of drug-likeness (QED) is 0.223. The molecule has 0 fully saturated rings. The van der Waals surface area contributed by atoms with Crippen molar-refractivity contribution >= 4 is 21.6 Å². The van der Waals surface area contributed by atoms with Gasteiger partial charge in [0.2, 0.25) is 5.90 Å². The molecule has 1 aliphatic carbocycles. The highest BCUT2D eigenvalue weighted by atomic mass is 32.2. The van der Waals surface area contributed by atoms with Crippen LogP contribution in [0.5, 0.6) is 5.75 Å². The van der Waals surface area contributed by atoms with Crippen molar-refractivity contribution in [1.29, 1.82) is 0 Å². The van der Waals surface area contributed by atoms with Gasteiger partial charge >= 0.3 is 0 Å². The number of rotatable bonds is 12. The number of carbonyl (C=O) groups is 1. The lowest BCUT2D eigenvalue weighted by molar-refractivity contribution is -0.129. The Bertz CT molecular complexity index is 1470. The van der Waals surface area contributed by atoms with Crippen molar-refractivity contribution in [2.45, 2.75) is 55.2 Å². The highest BCUT2D eigenvalue weighted by Gasteiger charge is 2.51. The molecule has 0 saturated heterocycles. The highest BCUT2D eigenvalue weighted by molar-refractivity contribution is 7.91. The van der Waals surface area contributed by atoms with Gasteiger partial charge < -0.3 is 14.6 Å². The molecule has 10 heteroatoms. The van der Waals surface area contributed by atoms with Crippen LogP contribution in [0.4, 0.5) is 0 Å². The second kappa shape index (κ2) is 12.4. The lowest BCUT2D eigenvalue weighted by atomic mass is 9.90. The number of hydrogen-bond donors (Lipinski definition) is 3. The van der Waals surface area contributed by atoms with E-state index in [4.69, 9.17) is 19.6 Å². The van der Waals surface area contributed by atoms with Gasteiger partial charge in [-0.05, 0) is 73.7 Å². The smallest absolute Gasteiger partial charge is 0.266 e. The molecule has 2 atom stereocenters. The Balaban J connectivity index is 1.36. The van der Waals surface area contributed by atoms with Crippen molar-refractivity contribution in [1.82, 2.24) is 10.9 Å². The van der Waals surface area contributed by atoms with E-state index in [0.29, 0.717) is 24.3 Å². The fourth-order valence-electron chi connectivity index (χ4n) is 5.22. The van der Waals surface area contributed by atoms with Crippen LogP contribution >= 0.6 is 0 Å². The van der Waals surface area contributed by atoms with Crippen LogP contribution in [0.1, 0.15) is 36.5 Å². The van der Waals surface area contributed by atoms with Gasteiger partial charge in [0.15, 0.2) is 15.4 Å². The molecule has 3 N–H and O–H groups in total. The Morgan fingerprint density at radius 3 is 2.34 bits per heavy atom. The molecule has 0 radical (unpaired) electrons. The van der Waals surface area contributed by atoms with Gasteiger partial charge in [-0.15, -0.1) is 0 Å². The molecule has 41 heavy (non-hydrogen) atoms. The summed E-state index contributed by atoms with van der Waals surface area (Å²) in [5, 5.41) is 8.96. The molecule has 0 unspecified atom stereocenters. The van der Waals surface area contributed by atoms with Gasteiger partial charge in [-0.1, -0.05) is 42.5 Å². The normalized spacial score (nSPS) is 20.2. The number of aliphatic imine (C=N–C) groups is 1. The molecule has 3 aromatic rings. The summed E-state index contributed by atoms with van der Waals surface area (Å²) >= 11 is 0. The third kappa shape index (κ3) is 6.45. The number of benzene rings is 3. The number of carbonyl (C=O) groups excluding carboxylic acids is 1. The summed E-state index contributed by atoms with van der Waals surface area (Å²) in [6.07, 6.45) is 1.31. The van der Waals surface area contributed by atoms with Crippen LogP contribution in [-0.2, 0) is 32.2 Å². The van der Waals surface area contributed by atoms with E-state index in [1.807, 2.05) is 12.1 Å². The summed E-state index contributed by atoms with van der Waals surface area (Å²) < 4.78 is 38.1. The molecule has 1 heterocycles. The SMILES string of the molecule is C[C@@H]1OC(c2ccc(OCCCO)cc2)=N[C@]1(CCS(=O)(=O)c1ccccc1)C(=O)NNC1Cc2ccccc2C1. The fourth-order valence-corrected chi connectivity index (χ4v) is 6.61. The summed E-state index contributed by atoms with van der Waals surface area (Å²) in [5.74, 6) is 0.179. The van der Waals surface area contributed by atoms with Crippen LogP contribution in [0.15, 0.2) is 88.8 Å². The molecular weight excluding hydrogens is 542 g/mol. The highest BCUT2D eigenvalue weighted by Crippen LogP contribution is 2.34. The Morgan fingerprint density at radius 2 is 1.68 bits per heavy atom. The number of aliphatic hydroxyl groups excluding tert-OH is 1. The first-order valence-corrected chi connectivity index (χ1v) is 15.5. The first-order valence-electron chi connectivity index (χ1n) is 13.8. The van der Waals surface area contributed by atoms with Crippen molar-refractivity contribution in [2.24, 2.45) is 4.99 Å². The number of nitrogens with zero attached hydrogens (tertiary/aromatic N) is 1. The van der Waals surface area contributed by atoms with E-state index in [9.17, 15) is 13.2 Å². The van der Waals surface area contributed by atoms with Crippen molar-refractivity contribution in [3.05, 3.63) is 95.6 Å². The van der Waals surface area contributed by atoms with Crippen LogP contribution < -0.4 is 15.6 Å². The zero-order valence-corrected chi connectivity index (χ0v) is 23.8. The molecule has 2 aliphatic rings. The molecule has 1 aliphatic heterocycles. The Hall–Kier alpha value is -3.73. The number of amides is 1. The molecule has 216 valence electrons. The first-order chi connectivity index (χ1) is 19.8. The van der Waals surface area contributed by atoms with Crippen LogP contribution in [-0.4, -0.2) is 62.0 Å². The van der Waals surface area contributed by atoms with Crippen molar-refractivity contribution in [2.75, 3.05) is 19.0 Å². The molecular formula is C31H35N3O6S. The second-order valence-electron chi connectivity index (χ2n) is 10.4. The van der Waals surface area contributed by atoms with E-state index in [0.717, 1.165) is 12.8 Å². The number of ether oxygens (including phenoxy) is 2. The molecule has 0 bridgehead atoms. The van der Waals surface area contributed by atoms with Crippen molar-refractivity contribution < 1.29 is 27.8 Å². The topological polar surface area (TPSA) is 126 Å². The Labute approximate surface area is 240 Å². The number of fused-ring (bicyclic) bond motifs is 1. The van der Waals surface area contributed by atoms with Crippen molar-refractivity contribution in [3.63, 3.8) is 0 Å². The minimum Gasteiger partial charge on any atom is -0.494 e. The lowest BCUT2D eigenvalue weighted by Gasteiger charge is -2.28. The fraction of sp³-hybridized carbons (Fsp3) is 0.355. The maximum absolute atomic E-state index is 13.8. The van der Waals surface area contributed by atoms with Crippen LogP contribution in [0, 0.1) is 0 Å². The third-order valence-electron chi connectivity index (χ3n) is 7.62. The number of hydrazine groups is 1. The molecule has 1 amide bonds. The van der Waals surface area contributed by atoms with Gasteiger partial charge in [0.05, 0.1) is 17.3 Å². The van der Waals surface area contributed by atoms with Gasteiger partial charge in [0.25, 0.3) is 5.91 Å². The predicted octanol–water partition coefficient (Wildman–Crippen LogP) is 3.00. The average molecular weight is 578 g/mol. The number of hydrogen-bond acceptors (Lipinski definition) is 8. The average Bonchev–Trinajstić information content (AvgIpc) is 3.57. The molecule has 0 aromatic heterocycles. The standard InChI is InChI=1S/C31H35N3O6S/c1-22-31(16-19-41(37,38)28-10-3-2-4-11-28,30(36)34-33-26-20-24-8-5-6-9-25(24)21-26)32-29(40-22)23-12-14-27(15-13-23)39-18-7-17-35/h2-6,8-15,22,26,33,35H,7,16-21H2,1H3,(H,34,36)/t22-,31-/m0/s1. The molecule has 0 spiro atoms.